The van der Waals surface area contributed by atoms with E-state index >= 15 is 0 Å². The van der Waals surface area contributed by atoms with E-state index in [0.29, 0.717) is 12.3 Å². The minimum atomic E-state index is 0.129. The summed E-state index contributed by atoms with van der Waals surface area (Å²) in [4.78, 5) is 11.8. The fourth-order valence-electron chi connectivity index (χ4n) is 2.37. The van der Waals surface area contributed by atoms with Crippen LogP contribution < -0.4 is 10.6 Å². The number of anilines is 1. The summed E-state index contributed by atoms with van der Waals surface area (Å²) >= 11 is 1.80. The number of nitrogens with one attached hydrogen (secondary N) is 2. The molecule has 0 bridgehead atoms. The molecule has 1 amide bonds. The molecule has 1 aromatic rings. The first-order chi connectivity index (χ1) is 9.28. The fraction of sp³-hybridized carbons (Fsp3) is 0.533. The van der Waals surface area contributed by atoms with Crippen molar-refractivity contribution in [2.45, 2.75) is 25.0 Å². The van der Waals surface area contributed by atoms with Crippen molar-refractivity contribution in [2.24, 2.45) is 5.92 Å². The van der Waals surface area contributed by atoms with Gasteiger partial charge < -0.3 is 10.6 Å². The molecular weight excluding hydrogens is 256 g/mol. The first-order valence-electron chi connectivity index (χ1n) is 6.86. The molecule has 1 aliphatic rings. The molecule has 1 aromatic carbocycles. The van der Waals surface area contributed by atoms with E-state index in [1.165, 1.54) is 12.0 Å². The second-order valence-corrected chi connectivity index (χ2v) is 5.94. The topological polar surface area (TPSA) is 41.1 Å². The van der Waals surface area contributed by atoms with Gasteiger partial charge in [0.2, 0.25) is 5.91 Å². The highest BCUT2D eigenvalue weighted by atomic mass is 32.2. The maximum absolute atomic E-state index is 11.8. The highest BCUT2D eigenvalue weighted by molar-refractivity contribution is 7.97. The van der Waals surface area contributed by atoms with Crippen LogP contribution in [0.2, 0.25) is 0 Å². The van der Waals surface area contributed by atoms with E-state index in [-0.39, 0.29) is 5.91 Å². The quantitative estimate of drug-likeness (QED) is 0.840. The molecule has 2 N–H and O–H groups in total. The summed E-state index contributed by atoms with van der Waals surface area (Å²) in [7, 11) is 0. The largest absolute Gasteiger partial charge is 0.326 e. The number of rotatable bonds is 6. The summed E-state index contributed by atoms with van der Waals surface area (Å²) in [5, 5.41) is 6.30. The van der Waals surface area contributed by atoms with Crippen LogP contribution in [0.4, 0.5) is 5.69 Å². The molecule has 0 radical (unpaired) electrons. The van der Waals surface area contributed by atoms with Crippen LogP contribution in [0, 0.1) is 5.92 Å². The van der Waals surface area contributed by atoms with Gasteiger partial charge in [-0.1, -0.05) is 12.1 Å². The Morgan fingerprint density at radius 1 is 1.42 bits per heavy atom. The first-order valence-corrected chi connectivity index (χ1v) is 8.26. The Morgan fingerprint density at radius 3 is 2.84 bits per heavy atom. The van der Waals surface area contributed by atoms with E-state index in [1.54, 1.807) is 11.8 Å². The van der Waals surface area contributed by atoms with Gasteiger partial charge in [-0.2, -0.15) is 11.8 Å². The summed E-state index contributed by atoms with van der Waals surface area (Å²) in [6, 6.07) is 8.13. The lowest BCUT2D eigenvalue weighted by atomic mass is 10.0. The molecule has 0 saturated carbocycles. The van der Waals surface area contributed by atoms with Gasteiger partial charge in [-0.25, -0.2) is 0 Å². The van der Waals surface area contributed by atoms with Crippen molar-refractivity contribution < 1.29 is 4.79 Å². The molecule has 0 aromatic heterocycles. The molecule has 2 rings (SSSR count). The zero-order chi connectivity index (χ0) is 13.5. The molecule has 1 atom stereocenters. The lowest BCUT2D eigenvalue weighted by Crippen LogP contribution is -2.14. The Bertz CT molecular complexity index is 399. The van der Waals surface area contributed by atoms with E-state index in [1.807, 2.05) is 12.1 Å². The third kappa shape index (κ3) is 4.88. The van der Waals surface area contributed by atoms with Gasteiger partial charge in [0.1, 0.15) is 0 Å². The van der Waals surface area contributed by atoms with Gasteiger partial charge >= 0.3 is 0 Å². The fourth-order valence-corrected chi connectivity index (χ4v) is 2.90. The average molecular weight is 278 g/mol. The van der Waals surface area contributed by atoms with Crippen LogP contribution in [0.3, 0.4) is 0 Å². The average Bonchev–Trinajstić information content (AvgIpc) is 2.92. The molecular formula is C15H22N2OS. The van der Waals surface area contributed by atoms with Gasteiger partial charge in [0.05, 0.1) is 0 Å². The lowest BCUT2D eigenvalue weighted by molar-refractivity contribution is -0.116. The Kier molecular flexibility index (Phi) is 5.73. The van der Waals surface area contributed by atoms with Crippen molar-refractivity contribution in [1.29, 1.82) is 0 Å². The number of hydrogen-bond donors (Lipinski definition) is 2. The summed E-state index contributed by atoms with van der Waals surface area (Å²) in [5.41, 5.74) is 2.20. The van der Waals surface area contributed by atoms with Crippen molar-refractivity contribution in [1.82, 2.24) is 5.32 Å². The van der Waals surface area contributed by atoms with Crippen LogP contribution in [0.25, 0.3) is 0 Å². The molecule has 1 saturated heterocycles. The third-order valence-electron chi connectivity index (χ3n) is 3.49. The molecule has 1 heterocycles. The van der Waals surface area contributed by atoms with Crippen molar-refractivity contribution in [3.63, 3.8) is 0 Å². The minimum absolute atomic E-state index is 0.129. The molecule has 4 heteroatoms. The standard InChI is InChI=1S/C15H22N2OS/c1-19-11-13-2-5-14(6-3-13)17-15(18)7-4-12-8-9-16-10-12/h2-3,5-6,12,16H,4,7-11H2,1H3,(H,17,18). The van der Waals surface area contributed by atoms with Crippen LogP contribution in [0.15, 0.2) is 24.3 Å². The summed E-state index contributed by atoms with van der Waals surface area (Å²) in [5.74, 6) is 1.82. The van der Waals surface area contributed by atoms with Crippen LogP contribution >= 0.6 is 11.8 Å². The molecule has 3 nitrogen and oxygen atoms in total. The predicted molar refractivity (Wildman–Crippen MR) is 82.5 cm³/mol. The lowest BCUT2D eigenvalue weighted by Gasteiger charge is -2.09. The Balaban J connectivity index is 1.74. The highest BCUT2D eigenvalue weighted by Gasteiger charge is 2.15. The second-order valence-electron chi connectivity index (χ2n) is 5.08. The zero-order valence-electron chi connectivity index (χ0n) is 11.4. The number of hydrogen-bond acceptors (Lipinski definition) is 3. The number of carbonyl (C=O) groups is 1. The summed E-state index contributed by atoms with van der Waals surface area (Å²) in [6.45, 7) is 2.17. The number of benzene rings is 1. The Morgan fingerprint density at radius 2 is 2.21 bits per heavy atom. The molecule has 1 fully saturated rings. The molecule has 0 aliphatic carbocycles. The van der Waals surface area contributed by atoms with Gasteiger partial charge in [0.25, 0.3) is 0 Å². The van der Waals surface area contributed by atoms with Crippen LogP contribution in [-0.4, -0.2) is 25.3 Å². The molecule has 0 spiro atoms. The Hall–Kier alpha value is -1.00. The van der Waals surface area contributed by atoms with E-state index in [4.69, 9.17) is 0 Å². The summed E-state index contributed by atoms with van der Waals surface area (Å²) in [6.07, 6.45) is 4.91. The third-order valence-corrected chi connectivity index (χ3v) is 4.11. The van der Waals surface area contributed by atoms with Gasteiger partial charge in [-0.15, -0.1) is 0 Å². The zero-order valence-corrected chi connectivity index (χ0v) is 12.3. The molecule has 1 unspecified atom stereocenters. The maximum Gasteiger partial charge on any atom is 0.224 e. The van der Waals surface area contributed by atoms with E-state index in [0.717, 1.165) is 31.0 Å². The van der Waals surface area contributed by atoms with Crippen molar-refractivity contribution in [2.75, 3.05) is 24.7 Å². The van der Waals surface area contributed by atoms with Crippen LogP contribution in [0.5, 0.6) is 0 Å². The monoisotopic (exact) mass is 278 g/mol. The van der Waals surface area contributed by atoms with E-state index in [9.17, 15) is 4.79 Å². The van der Waals surface area contributed by atoms with Gasteiger partial charge in [0.15, 0.2) is 0 Å². The molecule has 19 heavy (non-hydrogen) atoms. The number of thioether (sulfide) groups is 1. The Labute approximate surface area is 119 Å². The minimum Gasteiger partial charge on any atom is -0.326 e. The van der Waals surface area contributed by atoms with Crippen LogP contribution in [0.1, 0.15) is 24.8 Å². The van der Waals surface area contributed by atoms with Gasteiger partial charge in [-0.3, -0.25) is 4.79 Å². The van der Waals surface area contributed by atoms with Crippen LogP contribution in [-0.2, 0) is 10.5 Å². The first kappa shape index (κ1) is 14.4. The van der Waals surface area contributed by atoms with Gasteiger partial charge in [-0.05, 0) is 55.8 Å². The number of amides is 1. The molecule has 1 aliphatic heterocycles. The van der Waals surface area contributed by atoms with Crippen molar-refractivity contribution in [3.8, 4) is 0 Å². The SMILES string of the molecule is CSCc1ccc(NC(=O)CCC2CCNC2)cc1. The van der Waals surface area contributed by atoms with Crippen molar-refractivity contribution >= 4 is 23.4 Å². The van der Waals surface area contributed by atoms with E-state index in [2.05, 4.69) is 29.0 Å². The predicted octanol–water partition coefficient (Wildman–Crippen LogP) is 2.88. The normalized spacial score (nSPS) is 18.5. The van der Waals surface area contributed by atoms with Gasteiger partial charge in [0, 0.05) is 17.9 Å². The van der Waals surface area contributed by atoms with Crippen molar-refractivity contribution in [3.05, 3.63) is 29.8 Å². The molecule has 104 valence electrons. The summed E-state index contributed by atoms with van der Waals surface area (Å²) < 4.78 is 0. The number of carbonyl (C=O) groups excluding carboxylic acids is 1. The van der Waals surface area contributed by atoms with E-state index < -0.39 is 0 Å². The smallest absolute Gasteiger partial charge is 0.224 e. The second kappa shape index (κ2) is 7.56. The highest BCUT2D eigenvalue weighted by Crippen LogP contribution is 2.16. The maximum atomic E-state index is 11.8.